The largest absolute Gasteiger partial charge is 0.310 e. The van der Waals surface area contributed by atoms with E-state index in [0.717, 1.165) is 11.6 Å². The summed E-state index contributed by atoms with van der Waals surface area (Å²) in [6.45, 7) is 9.00. The average molecular weight is 281 g/mol. The minimum absolute atomic E-state index is 0.660. The van der Waals surface area contributed by atoms with Gasteiger partial charge in [-0.15, -0.1) is 0 Å². The summed E-state index contributed by atoms with van der Waals surface area (Å²) in [5.41, 5.74) is 2.53. The first-order valence-electron chi connectivity index (χ1n) is 7.39. The third-order valence-corrected chi connectivity index (χ3v) is 4.04. The Morgan fingerprint density at radius 3 is 2.63 bits per heavy atom. The molecule has 2 nitrogen and oxygen atoms in total. The molecular weight excluding hydrogens is 256 g/mol. The third kappa shape index (κ3) is 4.79. The number of rotatable bonds is 5. The molecule has 0 unspecified atom stereocenters. The van der Waals surface area contributed by atoms with Gasteiger partial charge >= 0.3 is 0 Å². The fourth-order valence-electron chi connectivity index (χ4n) is 2.85. The Morgan fingerprint density at radius 2 is 2.00 bits per heavy atom. The standard InChI is InChI=1S/C16H25ClN2/c1-3-6-19-7-4-16(5-8-19)18-12-14-9-13(2)10-15(17)11-14/h9-11,16,18H,3-8,12H2,1-2H3. The van der Waals surface area contributed by atoms with Crippen molar-refractivity contribution in [3.8, 4) is 0 Å². The van der Waals surface area contributed by atoms with Crippen molar-refractivity contribution in [3.63, 3.8) is 0 Å². The normalized spacial score (nSPS) is 17.8. The molecule has 1 saturated heterocycles. The summed E-state index contributed by atoms with van der Waals surface area (Å²) in [4.78, 5) is 2.57. The third-order valence-electron chi connectivity index (χ3n) is 3.82. The van der Waals surface area contributed by atoms with E-state index in [1.54, 1.807) is 0 Å². The topological polar surface area (TPSA) is 15.3 Å². The van der Waals surface area contributed by atoms with Crippen molar-refractivity contribution in [2.45, 2.75) is 45.7 Å². The summed E-state index contributed by atoms with van der Waals surface area (Å²) in [5, 5.41) is 4.51. The summed E-state index contributed by atoms with van der Waals surface area (Å²) in [6, 6.07) is 6.94. The molecule has 0 bridgehead atoms. The van der Waals surface area contributed by atoms with Crippen LogP contribution in [0.15, 0.2) is 18.2 Å². The number of nitrogens with zero attached hydrogens (tertiary/aromatic N) is 1. The zero-order chi connectivity index (χ0) is 13.7. The Labute approximate surface area is 122 Å². The Morgan fingerprint density at radius 1 is 1.26 bits per heavy atom. The molecule has 106 valence electrons. The summed E-state index contributed by atoms with van der Waals surface area (Å²) < 4.78 is 0. The maximum Gasteiger partial charge on any atom is 0.0411 e. The van der Waals surface area contributed by atoms with Crippen LogP contribution in [0.1, 0.15) is 37.3 Å². The van der Waals surface area contributed by atoms with Crippen LogP contribution in [-0.4, -0.2) is 30.6 Å². The van der Waals surface area contributed by atoms with Crippen LogP contribution in [0.25, 0.3) is 0 Å². The number of benzene rings is 1. The minimum atomic E-state index is 0.660. The quantitative estimate of drug-likeness (QED) is 0.886. The molecule has 1 aliphatic heterocycles. The first-order chi connectivity index (χ1) is 9.17. The van der Waals surface area contributed by atoms with Crippen LogP contribution in [0.5, 0.6) is 0 Å². The number of likely N-dealkylation sites (tertiary alicyclic amines) is 1. The van der Waals surface area contributed by atoms with Crippen LogP contribution < -0.4 is 5.32 Å². The zero-order valence-corrected chi connectivity index (χ0v) is 12.8. The molecule has 1 aromatic carbocycles. The summed E-state index contributed by atoms with van der Waals surface area (Å²) in [7, 11) is 0. The van der Waals surface area contributed by atoms with E-state index in [4.69, 9.17) is 11.6 Å². The molecule has 1 N–H and O–H groups in total. The van der Waals surface area contributed by atoms with E-state index >= 15 is 0 Å². The molecule has 0 radical (unpaired) electrons. The Hall–Kier alpha value is -0.570. The Kier molecular flexibility index (Phi) is 5.68. The predicted octanol–water partition coefficient (Wildman–Crippen LogP) is 3.61. The first-order valence-corrected chi connectivity index (χ1v) is 7.77. The van der Waals surface area contributed by atoms with Gasteiger partial charge in [0.15, 0.2) is 0 Å². The van der Waals surface area contributed by atoms with Crippen molar-refractivity contribution >= 4 is 11.6 Å². The maximum absolute atomic E-state index is 6.09. The molecule has 0 aromatic heterocycles. The van der Waals surface area contributed by atoms with Crippen LogP contribution in [0.4, 0.5) is 0 Å². The van der Waals surface area contributed by atoms with Gasteiger partial charge < -0.3 is 10.2 Å². The molecule has 1 heterocycles. The van der Waals surface area contributed by atoms with Crippen LogP contribution in [-0.2, 0) is 6.54 Å². The molecule has 3 heteroatoms. The highest BCUT2D eigenvalue weighted by Gasteiger charge is 2.17. The van der Waals surface area contributed by atoms with Gasteiger partial charge in [0.05, 0.1) is 0 Å². The van der Waals surface area contributed by atoms with Crippen molar-refractivity contribution in [3.05, 3.63) is 34.3 Å². The second kappa shape index (κ2) is 7.28. The molecular formula is C16H25ClN2. The molecule has 2 rings (SSSR count). The zero-order valence-electron chi connectivity index (χ0n) is 12.1. The minimum Gasteiger partial charge on any atom is -0.310 e. The highest BCUT2D eigenvalue weighted by atomic mass is 35.5. The molecule has 19 heavy (non-hydrogen) atoms. The molecule has 1 fully saturated rings. The summed E-state index contributed by atoms with van der Waals surface area (Å²) in [6.07, 6.45) is 3.79. The lowest BCUT2D eigenvalue weighted by molar-refractivity contribution is 0.197. The highest BCUT2D eigenvalue weighted by Crippen LogP contribution is 2.16. The van der Waals surface area contributed by atoms with E-state index in [0.29, 0.717) is 6.04 Å². The SMILES string of the molecule is CCCN1CCC(NCc2cc(C)cc(Cl)c2)CC1. The number of nitrogens with one attached hydrogen (secondary N) is 1. The molecule has 0 saturated carbocycles. The van der Waals surface area contributed by atoms with Crippen LogP contribution >= 0.6 is 11.6 Å². The van der Waals surface area contributed by atoms with E-state index in [2.05, 4.69) is 36.2 Å². The number of piperidine rings is 1. The van der Waals surface area contributed by atoms with Gasteiger partial charge in [0.25, 0.3) is 0 Å². The summed E-state index contributed by atoms with van der Waals surface area (Å²) in [5.74, 6) is 0. The predicted molar refractivity (Wildman–Crippen MR) is 82.8 cm³/mol. The lowest BCUT2D eigenvalue weighted by Gasteiger charge is -2.32. The summed E-state index contributed by atoms with van der Waals surface area (Å²) >= 11 is 6.09. The van der Waals surface area contributed by atoms with Crippen molar-refractivity contribution in [2.24, 2.45) is 0 Å². The second-order valence-corrected chi connectivity index (χ2v) is 6.07. The van der Waals surface area contributed by atoms with Gasteiger partial charge in [-0.2, -0.15) is 0 Å². The van der Waals surface area contributed by atoms with E-state index in [1.807, 2.05) is 6.07 Å². The number of hydrogen-bond donors (Lipinski definition) is 1. The van der Waals surface area contributed by atoms with E-state index in [1.165, 1.54) is 50.0 Å². The number of hydrogen-bond acceptors (Lipinski definition) is 2. The van der Waals surface area contributed by atoms with E-state index < -0.39 is 0 Å². The van der Waals surface area contributed by atoms with Gasteiger partial charge in [0.1, 0.15) is 0 Å². The Balaban J connectivity index is 1.77. The van der Waals surface area contributed by atoms with Crippen LogP contribution in [0.2, 0.25) is 5.02 Å². The van der Waals surface area contributed by atoms with Crippen molar-refractivity contribution < 1.29 is 0 Å². The van der Waals surface area contributed by atoms with Crippen molar-refractivity contribution in [1.29, 1.82) is 0 Å². The number of halogens is 1. The molecule has 0 spiro atoms. The monoisotopic (exact) mass is 280 g/mol. The fourth-order valence-corrected chi connectivity index (χ4v) is 3.17. The van der Waals surface area contributed by atoms with Crippen molar-refractivity contribution in [1.82, 2.24) is 10.2 Å². The van der Waals surface area contributed by atoms with Gasteiger partial charge in [-0.1, -0.05) is 24.6 Å². The van der Waals surface area contributed by atoms with Crippen LogP contribution in [0.3, 0.4) is 0 Å². The van der Waals surface area contributed by atoms with Crippen molar-refractivity contribution in [2.75, 3.05) is 19.6 Å². The first kappa shape index (κ1) is 14.8. The Bertz CT molecular complexity index is 377. The van der Waals surface area contributed by atoms with Gasteiger partial charge in [0, 0.05) is 17.6 Å². The second-order valence-electron chi connectivity index (χ2n) is 5.63. The highest BCUT2D eigenvalue weighted by molar-refractivity contribution is 6.30. The smallest absolute Gasteiger partial charge is 0.0411 e. The molecule has 0 aliphatic carbocycles. The van der Waals surface area contributed by atoms with E-state index in [9.17, 15) is 0 Å². The lowest BCUT2D eigenvalue weighted by atomic mass is 10.0. The van der Waals surface area contributed by atoms with Gasteiger partial charge in [-0.25, -0.2) is 0 Å². The maximum atomic E-state index is 6.09. The van der Waals surface area contributed by atoms with E-state index in [-0.39, 0.29) is 0 Å². The number of aryl methyl sites for hydroxylation is 1. The van der Waals surface area contributed by atoms with Gasteiger partial charge in [-0.05, 0) is 69.1 Å². The molecule has 1 aromatic rings. The fraction of sp³-hybridized carbons (Fsp3) is 0.625. The average Bonchev–Trinajstić information content (AvgIpc) is 2.37. The molecule has 1 aliphatic rings. The van der Waals surface area contributed by atoms with Gasteiger partial charge in [0.2, 0.25) is 0 Å². The van der Waals surface area contributed by atoms with Gasteiger partial charge in [-0.3, -0.25) is 0 Å². The molecule has 0 atom stereocenters. The molecule has 0 amide bonds. The van der Waals surface area contributed by atoms with Crippen LogP contribution in [0, 0.1) is 6.92 Å². The lowest BCUT2D eigenvalue weighted by Crippen LogP contribution is -2.42.